The first-order chi connectivity index (χ1) is 9.65. The molecule has 1 heterocycles. The van der Waals surface area contributed by atoms with Crippen molar-refractivity contribution in [1.29, 1.82) is 0 Å². The van der Waals surface area contributed by atoms with E-state index in [0.717, 1.165) is 31.7 Å². The van der Waals surface area contributed by atoms with Crippen LogP contribution in [-0.4, -0.2) is 42.2 Å². The van der Waals surface area contributed by atoms with E-state index in [2.05, 4.69) is 4.90 Å². The number of rotatable bonds is 6. The van der Waals surface area contributed by atoms with Crippen LogP contribution in [-0.2, 0) is 4.79 Å². The summed E-state index contributed by atoms with van der Waals surface area (Å²) in [5.74, 6) is 0.0889. The quantitative estimate of drug-likeness (QED) is 0.810. The Morgan fingerprint density at radius 2 is 2.10 bits per heavy atom. The Morgan fingerprint density at radius 1 is 1.35 bits per heavy atom. The van der Waals surface area contributed by atoms with Gasteiger partial charge in [-0.2, -0.15) is 0 Å². The summed E-state index contributed by atoms with van der Waals surface area (Å²) >= 11 is 0. The minimum atomic E-state index is -0.800. The number of carboxylic acids is 1. The molecule has 0 aromatic heterocycles. The number of aliphatic carboxylic acids is 1. The molecular formula is C16H21NO3. The van der Waals surface area contributed by atoms with Crippen molar-refractivity contribution in [3.63, 3.8) is 0 Å². The average Bonchev–Trinajstić information content (AvgIpc) is 2.46. The molecule has 0 radical (unpaired) electrons. The van der Waals surface area contributed by atoms with E-state index >= 15 is 0 Å². The maximum atomic E-state index is 10.9. The van der Waals surface area contributed by atoms with Crippen LogP contribution >= 0.6 is 0 Å². The molecule has 1 aliphatic rings. The van der Waals surface area contributed by atoms with Gasteiger partial charge in [0.15, 0.2) is 0 Å². The standard InChI is InChI=1S/C16H21NO3/c1-13-5-7-15(8-6-13)20-11-3-10-17-9-2-4-14(12-17)16(18)19/h4-8H,2-3,9-12H2,1H3,(H,18,19). The Bertz CT molecular complexity index is 479. The van der Waals surface area contributed by atoms with Crippen LogP contribution in [0.4, 0.5) is 0 Å². The second-order valence-electron chi connectivity index (χ2n) is 5.11. The molecule has 108 valence electrons. The van der Waals surface area contributed by atoms with E-state index in [4.69, 9.17) is 9.84 Å². The number of benzene rings is 1. The van der Waals surface area contributed by atoms with Crippen molar-refractivity contribution in [3.05, 3.63) is 41.5 Å². The Labute approximate surface area is 119 Å². The topological polar surface area (TPSA) is 49.8 Å². The van der Waals surface area contributed by atoms with Gasteiger partial charge in [0.25, 0.3) is 0 Å². The highest BCUT2D eigenvalue weighted by Crippen LogP contribution is 2.13. The molecule has 1 N–H and O–H groups in total. The highest BCUT2D eigenvalue weighted by Gasteiger charge is 2.16. The summed E-state index contributed by atoms with van der Waals surface area (Å²) in [6.07, 6.45) is 3.54. The van der Waals surface area contributed by atoms with Crippen LogP contribution in [0.3, 0.4) is 0 Å². The Morgan fingerprint density at radius 3 is 2.80 bits per heavy atom. The van der Waals surface area contributed by atoms with Crippen LogP contribution in [0.2, 0.25) is 0 Å². The van der Waals surface area contributed by atoms with Gasteiger partial charge < -0.3 is 9.84 Å². The fourth-order valence-electron chi connectivity index (χ4n) is 2.26. The lowest BCUT2D eigenvalue weighted by Crippen LogP contribution is -2.33. The molecule has 1 aromatic rings. The van der Waals surface area contributed by atoms with Crippen LogP contribution in [0.1, 0.15) is 18.4 Å². The van der Waals surface area contributed by atoms with Crippen LogP contribution in [0.15, 0.2) is 35.9 Å². The molecule has 20 heavy (non-hydrogen) atoms. The molecule has 0 amide bonds. The smallest absolute Gasteiger partial charge is 0.332 e. The number of hydrogen-bond acceptors (Lipinski definition) is 3. The Kier molecular flexibility index (Phi) is 5.18. The largest absolute Gasteiger partial charge is 0.494 e. The molecule has 0 spiro atoms. The van der Waals surface area contributed by atoms with Crippen LogP contribution in [0, 0.1) is 6.92 Å². The number of nitrogens with zero attached hydrogens (tertiary/aromatic N) is 1. The second-order valence-corrected chi connectivity index (χ2v) is 5.11. The highest BCUT2D eigenvalue weighted by molar-refractivity contribution is 5.87. The predicted octanol–water partition coefficient (Wildman–Crippen LogP) is 2.48. The van der Waals surface area contributed by atoms with E-state index in [-0.39, 0.29) is 0 Å². The third kappa shape index (κ3) is 4.38. The number of aryl methyl sites for hydroxylation is 1. The van der Waals surface area contributed by atoms with Crippen LogP contribution < -0.4 is 4.74 Å². The summed E-state index contributed by atoms with van der Waals surface area (Å²) in [5, 5.41) is 8.98. The lowest BCUT2D eigenvalue weighted by Gasteiger charge is -2.25. The molecule has 0 fully saturated rings. The fourth-order valence-corrected chi connectivity index (χ4v) is 2.26. The molecule has 0 saturated heterocycles. The summed E-state index contributed by atoms with van der Waals surface area (Å²) in [6, 6.07) is 8.01. The predicted molar refractivity (Wildman–Crippen MR) is 78.1 cm³/mol. The summed E-state index contributed by atoms with van der Waals surface area (Å²) < 4.78 is 5.67. The normalized spacial score (nSPS) is 15.8. The number of ether oxygens (including phenoxy) is 1. The van der Waals surface area contributed by atoms with Gasteiger partial charge in [0, 0.05) is 25.2 Å². The molecule has 4 heteroatoms. The van der Waals surface area contributed by atoms with Crippen molar-refractivity contribution in [2.24, 2.45) is 0 Å². The fraction of sp³-hybridized carbons (Fsp3) is 0.438. The maximum absolute atomic E-state index is 10.9. The zero-order chi connectivity index (χ0) is 14.4. The van der Waals surface area contributed by atoms with E-state index in [1.165, 1.54) is 5.56 Å². The van der Waals surface area contributed by atoms with Gasteiger partial charge in [-0.05, 0) is 31.9 Å². The van der Waals surface area contributed by atoms with Crippen molar-refractivity contribution in [3.8, 4) is 5.75 Å². The van der Waals surface area contributed by atoms with E-state index in [0.29, 0.717) is 18.7 Å². The first-order valence-corrected chi connectivity index (χ1v) is 6.99. The summed E-state index contributed by atoms with van der Waals surface area (Å²) in [5.41, 5.74) is 1.73. The van der Waals surface area contributed by atoms with Gasteiger partial charge in [0.1, 0.15) is 5.75 Å². The SMILES string of the molecule is Cc1ccc(OCCCN2CCC=C(C(=O)O)C2)cc1. The molecule has 4 nitrogen and oxygen atoms in total. The Balaban J connectivity index is 1.67. The van der Waals surface area contributed by atoms with Gasteiger partial charge in [-0.1, -0.05) is 23.8 Å². The maximum Gasteiger partial charge on any atom is 0.332 e. The zero-order valence-electron chi connectivity index (χ0n) is 11.8. The van der Waals surface area contributed by atoms with Crippen molar-refractivity contribution in [2.45, 2.75) is 19.8 Å². The van der Waals surface area contributed by atoms with E-state index < -0.39 is 5.97 Å². The minimum absolute atomic E-state index is 0.510. The van der Waals surface area contributed by atoms with Crippen molar-refractivity contribution in [1.82, 2.24) is 4.90 Å². The third-order valence-corrected chi connectivity index (χ3v) is 3.41. The molecule has 1 aromatic carbocycles. The minimum Gasteiger partial charge on any atom is -0.494 e. The van der Waals surface area contributed by atoms with Gasteiger partial charge in [-0.25, -0.2) is 4.79 Å². The van der Waals surface area contributed by atoms with Gasteiger partial charge in [-0.15, -0.1) is 0 Å². The molecular weight excluding hydrogens is 254 g/mol. The third-order valence-electron chi connectivity index (χ3n) is 3.41. The summed E-state index contributed by atoms with van der Waals surface area (Å²) in [6.45, 7) is 5.05. The molecule has 2 rings (SSSR count). The Hall–Kier alpha value is -1.81. The van der Waals surface area contributed by atoms with Crippen molar-refractivity contribution < 1.29 is 14.6 Å². The van der Waals surface area contributed by atoms with Gasteiger partial charge in [-0.3, -0.25) is 4.90 Å². The lowest BCUT2D eigenvalue weighted by molar-refractivity contribution is -0.133. The van der Waals surface area contributed by atoms with Crippen molar-refractivity contribution in [2.75, 3.05) is 26.2 Å². The summed E-state index contributed by atoms with van der Waals surface area (Å²) in [4.78, 5) is 13.1. The van der Waals surface area contributed by atoms with E-state index in [9.17, 15) is 4.79 Å². The van der Waals surface area contributed by atoms with Gasteiger partial charge >= 0.3 is 5.97 Å². The van der Waals surface area contributed by atoms with Crippen LogP contribution in [0.25, 0.3) is 0 Å². The molecule has 0 aliphatic carbocycles. The first kappa shape index (κ1) is 14.6. The molecule has 0 unspecified atom stereocenters. The summed E-state index contributed by atoms with van der Waals surface area (Å²) in [7, 11) is 0. The van der Waals surface area contributed by atoms with Crippen molar-refractivity contribution >= 4 is 5.97 Å². The molecule has 0 atom stereocenters. The highest BCUT2D eigenvalue weighted by atomic mass is 16.5. The second kappa shape index (κ2) is 7.10. The number of hydrogen-bond donors (Lipinski definition) is 1. The van der Waals surface area contributed by atoms with Crippen LogP contribution in [0.5, 0.6) is 5.75 Å². The number of carboxylic acid groups (broad SMARTS) is 1. The van der Waals surface area contributed by atoms with Gasteiger partial charge in [0.05, 0.1) is 6.61 Å². The molecule has 0 bridgehead atoms. The lowest BCUT2D eigenvalue weighted by atomic mass is 10.1. The first-order valence-electron chi connectivity index (χ1n) is 6.99. The zero-order valence-corrected chi connectivity index (χ0v) is 11.8. The number of carbonyl (C=O) groups is 1. The van der Waals surface area contributed by atoms with Gasteiger partial charge in [0.2, 0.25) is 0 Å². The average molecular weight is 275 g/mol. The molecule has 1 aliphatic heterocycles. The molecule has 0 saturated carbocycles. The monoisotopic (exact) mass is 275 g/mol. The van der Waals surface area contributed by atoms with E-state index in [1.807, 2.05) is 37.3 Å². The van der Waals surface area contributed by atoms with E-state index in [1.54, 1.807) is 0 Å².